The van der Waals surface area contributed by atoms with E-state index < -0.39 is 6.29 Å². The van der Waals surface area contributed by atoms with Gasteiger partial charge in [0.25, 0.3) is 0 Å². The molecular weight excluding hydrogens is 132 g/mol. The minimum Gasteiger partial charge on any atom is -0.353 e. The molecule has 0 aliphatic carbocycles. The van der Waals surface area contributed by atoms with Crippen LogP contribution in [-0.4, -0.2) is 19.2 Å². The summed E-state index contributed by atoms with van der Waals surface area (Å²) in [6, 6.07) is 0. The maximum absolute atomic E-state index is 10.5. The molecule has 10 heavy (non-hydrogen) atoms. The van der Waals surface area contributed by atoms with Crippen molar-refractivity contribution in [3.05, 3.63) is 0 Å². The fourth-order valence-electron chi connectivity index (χ4n) is 0.653. The Labute approximate surface area is 62.0 Å². The summed E-state index contributed by atoms with van der Waals surface area (Å²) < 4.78 is 9.94. The van der Waals surface area contributed by atoms with Crippen molar-refractivity contribution < 1.29 is 14.6 Å². The Morgan fingerprint density at radius 1 is 1.40 bits per heavy atom. The minimum absolute atomic E-state index is 0.322. The molecule has 1 radical (unpaired) electrons. The van der Waals surface area contributed by atoms with Crippen molar-refractivity contribution in [1.82, 2.24) is 0 Å². The Balaban J connectivity index is 3.39. The van der Waals surface area contributed by atoms with E-state index in [-0.39, 0.29) is 6.29 Å². The Hall–Kier alpha value is -0.120. The molecule has 3 heteroatoms. The molecule has 0 fully saturated rings. The van der Waals surface area contributed by atoms with E-state index in [4.69, 9.17) is 9.47 Å². The lowest BCUT2D eigenvalue weighted by Gasteiger charge is -2.16. The standard InChI is InChI=1S/C7H15O3/c1-4-7(9-5-2)10-6(3)8/h6-7H,4-5H2,1-3H3. The van der Waals surface area contributed by atoms with E-state index in [0.29, 0.717) is 6.61 Å². The zero-order chi connectivity index (χ0) is 7.98. The topological polar surface area (TPSA) is 38.4 Å². The fraction of sp³-hybridized carbons (Fsp3) is 1.00. The first-order chi connectivity index (χ1) is 4.70. The van der Waals surface area contributed by atoms with Gasteiger partial charge in [-0.05, 0) is 20.3 Å². The molecule has 0 amide bonds. The second-order valence-corrected chi connectivity index (χ2v) is 2.00. The third-order valence-corrected chi connectivity index (χ3v) is 1.03. The van der Waals surface area contributed by atoms with E-state index in [2.05, 4.69) is 0 Å². The Bertz CT molecular complexity index is 73.3. The van der Waals surface area contributed by atoms with Crippen LogP contribution in [0, 0.1) is 0 Å². The van der Waals surface area contributed by atoms with Gasteiger partial charge in [0, 0.05) is 6.61 Å². The molecule has 0 rings (SSSR count). The van der Waals surface area contributed by atoms with Crippen molar-refractivity contribution in [3.63, 3.8) is 0 Å². The van der Waals surface area contributed by atoms with Gasteiger partial charge in [0.1, 0.15) is 0 Å². The summed E-state index contributed by atoms with van der Waals surface area (Å²) in [5, 5.41) is 10.5. The second-order valence-electron chi connectivity index (χ2n) is 2.00. The Morgan fingerprint density at radius 2 is 2.00 bits per heavy atom. The van der Waals surface area contributed by atoms with Gasteiger partial charge in [0.05, 0.1) is 0 Å². The van der Waals surface area contributed by atoms with E-state index in [1.165, 1.54) is 6.92 Å². The van der Waals surface area contributed by atoms with Crippen molar-refractivity contribution in [2.75, 3.05) is 6.61 Å². The van der Waals surface area contributed by atoms with Gasteiger partial charge in [-0.15, -0.1) is 0 Å². The van der Waals surface area contributed by atoms with Crippen LogP contribution in [0.4, 0.5) is 0 Å². The van der Waals surface area contributed by atoms with E-state index >= 15 is 0 Å². The highest BCUT2D eigenvalue weighted by atomic mass is 16.7. The third kappa shape index (κ3) is 4.73. The number of hydrogen-bond donors (Lipinski definition) is 0. The average Bonchev–Trinajstić information content (AvgIpc) is 1.86. The summed E-state index contributed by atoms with van der Waals surface area (Å²) in [4.78, 5) is 0. The lowest BCUT2D eigenvalue weighted by molar-refractivity contribution is -0.239. The van der Waals surface area contributed by atoms with Crippen LogP contribution >= 0.6 is 0 Å². The normalized spacial score (nSPS) is 16.8. The zero-order valence-corrected chi connectivity index (χ0v) is 6.79. The molecule has 0 bridgehead atoms. The second kappa shape index (κ2) is 5.65. The first-order valence-electron chi connectivity index (χ1n) is 3.63. The SMILES string of the molecule is CCOC(CC)OC(C)[O]. The molecule has 0 aromatic rings. The van der Waals surface area contributed by atoms with Crippen molar-refractivity contribution in [2.24, 2.45) is 0 Å². The third-order valence-electron chi connectivity index (χ3n) is 1.03. The molecule has 0 aromatic heterocycles. The predicted octanol–water partition coefficient (Wildman–Crippen LogP) is 1.55. The maximum atomic E-state index is 10.5. The summed E-state index contributed by atoms with van der Waals surface area (Å²) >= 11 is 0. The van der Waals surface area contributed by atoms with E-state index in [0.717, 1.165) is 6.42 Å². The van der Waals surface area contributed by atoms with Crippen LogP contribution in [0.5, 0.6) is 0 Å². The quantitative estimate of drug-likeness (QED) is 0.553. The zero-order valence-electron chi connectivity index (χ0n) is 6.79. The molecule has 3 nitrogen and oxygen atoms in total. The fourth-order valence-corrected chi connectivity index (χ4v) is 0.653. The molecule has 0 aliphatic rings. The van der Waals surface area contributed by atoms with Gasteiger partial charge >= 0.3 is 0 Å². The van der Waals surface area contributed by atoms with E-state index in [1.807, 2.05) is 13.8 Å². The van der Waals surface area contributed by atoms with E-state index in [1.54, 1.807) is 0 Å². The number of rotatable bonds is 5. The van der Waals surface area contributed by atoms with Crippen molar-refractivity contribution in [3.8, 4) is 0 Å². The van der Waals surface area contributed by atoms with Gasteiger partial charge in [0.2, 0.25) is 0 Å². The predicted molar refractivity (Wildman–Crippen MR) is 36.9 cm³/mol. The Morgan fingerprint density at radius 3 is 2.30 bits per heavy atom. The minimum atomic E-state index is -0.989. The molecule has 0 saturated carbocycles. The molecule has 0 saturated heterocycles. The highest BCUT2D eigenvalue weighted by Crippen LogP contribution is 2.02. The van der Waals surface area contributed by atoms with Crippen LogP contribution in [0.15, 0.2) is 0 Å². The van der Waals surface area contributed by atoms with Crippen LogP contribution in [0.2, 0.25) is 0 Å². The molecule has 0 N–H and O–H groups in total. The molecule has 0 heterocycles. The van der Waals surface area contributed by atoms with Crippen LogP contribution in [-0.2, 0) is 14.6 Å². The highest BCUT2D eigenvalue weighted by Gasteiger charge is 2.08. The molecule has 61 valence electrons. The van der Waals surface area contributed by atoms with Gasteiger partial charge in [0.15, 0.2) is 12.6 Å². The van der Waals surface area contributed by atoms with Crippen LogP contribution in [0.1, 0.15) is 27.2 Å². The lowest BCUT2D eigenvalue weighted by atomic mass is 10.5. The summed E-state index contributed by atoms with van der Waals surface area (Å²) in [7, 11) is 0. The molecule has 2 atom stereocenters. The maximum Gasteiger partial charge on any atom is 0.191 e. The highest BCUT2D eigenvalue weighted by molar-refractivity contribution is 4.38. The molecule has 0 spiro atoms. The summed E-state index contributed by atoms with van der Waals surface area (Å²) in [6.45, 7) is 5.84. The lowest BCUT2D eigenvalue weighted by Crippen LogP contribution is -2.20. The smallest absolute Gasteiger partial charge is 0.191 e. The van der Waals surface area contributed by atoms with Gasteiger partial charge in [-0.25, -0.2) is 5.11 Å². The van der Waals surface area contributed by atoms with Crippen LogP contribution in [0.3, 0.4) is 0 Å². The first-order valence-corrected chi connectivity index (χ1v) is 3.63. The molecule has 2 unspecified atom stereocenters. The number of ether oxygens (including phenoxy) is 2. The monoisotopic (exact) mass is 147 g/mol. The number of hydrogen-bond acceptors (Lipinski definition) is 2. The van der Waals surface area contributed by atoms with Crippen molar-refractivity contribution in [2.45, 2.75) is 39.8 Å². The van der Waals surface area contributed by atoms with Crippen molar-refractivity contribution in [1.29, 1.82) is 0 Å². The average molecular weight is 147 g/mol. The van der Waals surface area contributed by atoms with Crippen LogP contribution in [0.25, 0.3) is 0 Å². The molecule has 0 aromatic carbocycles. The Kier molecular flexibility index (Phi) is 5.58. The summed E-state index contributed by atoms with van der Waals surface area (Å²) in [6.07, 6.45) is -0.588. The van der Waals surface area contributed by atoms with Gasteiger partial charge < -0.3 is 9.47 Å². The van der Waals surface area contributed by atoms with Gasteiger partial charge in [-0.2, -0.15) is 0 Å². The van der Waals surface area contributed by atoms with Gasteiger partial charge in [-0.1, -0.05) is 6.92 Å². The van der Waals surface area contributed by atoms with E-state index in [9.17, 15) is 5.11 Å². The van der Waals surface area contributed by atoms with Gasteiger partial charge in [-0.3, -0.25) is 0 Å². The molecule has 0 aliphatic heterocycles. The van der Waals surface area contributed by atoms with Crippen molar-refractivity contribution >= 4 is 0 Å². The largest absolute Gasteiger partial charge is 0.353 e. The summed E-state index contributed by atoms with van der Waals surface area (Å²) in [5.41, 5.74) is 0. The molecular formula is C7H15O3. The first kappa shape index (κ1) is 9.88. The summed E-state index contributed by atoms with van der Waals surface area (Å²) in [5.74, 6) is 0. The van der Waals surface area contributed by atoms with Crippen LogP contribution < -0.4 is 0 Å².